The number of benzene rings is 1. The third-order valence-electron chi connectivity index (χ3n) is 4.60. The van der Waals surface area contributed by atoms with Gasteiger partial charge >= 0.3 is 0 Å². The van der Waals surface area contributed by atoms with Crippen LogP contribution < -0.4 is 10.2 Å². The molecule has 142 valence electrons. The first-order valence-corrected chi connectivity index (χ1v) is 9.38. The van der Waals surface area contributed by atoms with Crippen molar-refractivity contribution in [3.8, 4) is 0 Å². The summed E-state index contributed by atoms with van der Waals surface area (Å²) in [6.45, 7) is 7.55. The fraction of sp³-hybridized carbons (Fsp3) is 0.381. The van der Waals surface area contributed by atoms with Gasteiger partial charge in [-0.1, -0.05) is 32.0 Å². The Morgan fingerprint density at radius 3 is 2.44 bits per heavy atom. The number of amides is 2. The Morgan fingerprint density at radius 1 is 1.07 bits per heavy atom. The molecule has 0 radical (unpaired) electrons. The highest BCUT2D eigenvalue weighted by Crippen LogP contribution is 2.17. The number of anilines is 1. The van der Waals surface area contributed by atoms with E-state index in [1.54, 1.807) is 12.1 Å². The number of aromatic nitrogens is 1. The van der Waals surface area contributed by atoms with E-state index in [0.29, 0.717) is 31.1 Å². The zero-order chi connectivity index (χ0) is 19.2. The van der Waals surface area contributed by atoms with Gasteiger partial charge in [-0.05, 0) is 30.2 Å². The second-order valence-corrected chi connectivity index (χ2v) is 7.15. The van der Waals surface area contributed by atoms with Gasteiger partial charge in [0, 0.05) is 50.2 Å². The molecule has 1 aromatic heterocycles. The lowest BCUT2D eigenvalue weighted by Crippen LogP contribution is -2.48. The summed E-state index contributed by atoms with van der Waals surface area (Å²) in [6.07, 6.45) is 1.53. The SMILES string of the molecule is CC(C)CNC(=O)c1cc(C(=O)N2CCN(c3ccccc3)CC2)ccn1. The Labute approximate surface area is 160 Å². The molecule has 2 aromatic rings. The number of piperazine rings is 1. The maximum Gasteiger partial charge on any atom is 0.269 e. The number of rotatable bonds is 5. The molecule has 6 heteroatoms. The molecule has 0 saturated carbocycles. The Bertz CT molecular complexity index is 784. The third kappa shape index (κ3) is 4.84. The second kappa shape index (κ2) is 8.66. The maximum absolute atomic E-state index is 12.8. The Kier molecular flexibility index (Phi) is 6.06. The minimum Gasteiger partial charge on any atom is -0.368 e. The van der Waals surface area contributed by atoms with Gasteiger partial charge in [0.1, 0.15) is 5.69 Å². The van der Waals surface area contributed by atoms with Crippen LogP contribution in [0.15, 0.2) is 48.7 Å². The van der Waals surface area contributed by atoms with Crippen molar-refractivity contribution < 1.29 is 9.59 Å². The van der Waals surface area contributed by atoms with Crippen LogP contribution in [0.5, 0.6) is 0 Å². The molecule has 3 rings (SSSR count). The Morgan fingerprint density at radius 2 is 1.78 bits per heavy atom. The summed E-state index contributed by atoms with van der Waals surface area (Å²) in [6, 6.07) is 13.5. The minimum atomic E-state index is -0.243. The Hall–Kier alpha value is -2.89. The summed E-state index contributed by atoms with van der Waals surface area (Å²) in [5.74, 6) is 0.0648. The first-order chi connectivity index (χ1) is 13.0. The van der Waals surface area contributed by atoms with E-state index in [2.05, 4.69) is 27.3 Å². The van der Waals surface area contributed by atoms with Crippen molar-refractivity contribution in [1.82, 2.24) is 15.2 Å². The lowest BCUT2D eigenvalue weighted by molar-refractivity contribution is 0.0746. The number of pyridine rings is 1. The van der Waals surface area contributed by atoms with Crippen molar-refractivity contribution in [1.29, 1.82) is 0 Å². The van der Waals surface area contributed by atoms with Crippen LogP contribution in [0.4, 0.5) is 5.69 Å². The highest BCUT2D eigenvalue weighted by molar-refractivity contribution is 5.98. The molecule has 2 heterocycles. The number of hydrogen-bond donors (Lipinski definition) is 1. The summed E-state index contributed by atoms with van der Waals surface area (Å²) >= 11 is 0. The van der Waals surface area contributed by atoms with Crippen molar-refractivity contribution in [3.63, 3.8) is 0 Å². The van der Waals surface area contributed by atoms with Crippen molar-refractivity contribution in [2.24, 2.45) is 5.92 Å². The van der Waals surface area contributed by atoms with Crippen molar-refractivity contribution in [2.45, 2.75) is 13.8 Å². The van der Waals surface area contributed by atoms with E-state index in [0.717, 1.165) is 13.1 Å². The molecule has 1 saturated heterocycles. The zero-order valence-electron chi connectivity index (χ0n) is 15.9. The molecule has 0 spiro atoms. The van der Waals surface area contributed by atoms with Gasteiger partial charge in [0.2, 0.25) is 0 Å². The van der Waals surface area contributed by atoms with Gasteiger partial charge in [0.05, 0.1) is 0 Å². The van der Waals surface area contributed by atoms with E-state index in [1.807, 2.05) is 36.9 Å². The topological polar surface area (TPSA) is 65.5 Å². The van der Waals surface area contributed by atoms with Crippen LogP contribution in [0.2, 0.25) is 0 Å². The first-order valence-electron chi connectivity index (χ1n) is 9.38. The predicted octanol–water partition coefficient (Wildman–Crippen LogP) is 2.43. The van der Waals surface area contributed by atoms with Crippen molar-refractivity contribution in [2.75, 3.05) is 37.6 Å². The minimum absolute atomic E-state index is 0.0528. The molecule has 2 amide bonds. The van der Waals surface area contributed by atoms with Crippen LogP contribution >= 0.6 is 0 Å². The normalized spacial score (nSPS) is 14.3. The summed E-state index contributed by atoms with van der Waals surface area (Å²) in [7, 11) is 0. The maximum atomic E-state index is 12.8. The molecule has 27 heavy (non-hydrogen) atoms. The number of carbonyl (C=O) groups is 2. The van der Waals surface area contributed by atoms with E-state index in [9.17, 15) is 9.59 Å². The zero-order valence-corrected chi connectivity index (χ0v) is 15.9. The van der Waals surface area contributed by atoms with Crippen molar-refractivity contribution in [3.05, 3.63) is 59.9 Å². The van der Waals surface area contributed by atoms with Gasteiger partial charge in [-0.25, -0.2) is 0 Å². The van der Waals surface area contributed by atoms with Gasteiger partial charge in [0.25, 0.3) is 11.8 Å². The molecule has 0 aliphatic carbocycles. The highest BCUT2D eigenvalue weighted by atomic mass is 16.2. The highest BCUT2D eigenvalue weighted by Gasteiger charge is 2.23. The average Bonchev–Trinajstić information content (AvgIpc) is 2.72. The van der Waals surface area contributed by atoms with Crippen LogP contribution in [-0.4, -0.2) is 54.4 Å². The molecular formula is C21H26N4O2. The first kappa shape index (κ1) is 18.9. The largest absolute Gasteiger partial charge is 0.368 e. The summed E-state index contributed by atoms with van der Waals surface area (Å²) in [5.41, 5.74) is 1.97. The average molecular weight is 366 g/mol. The van der Waals surface area contributed by atoms with E-state index in [4.69, 9.17) is 0 Å². The predicted molar refractivity (Wildman–Crippen MR) is 106 cm³/mol. The molecule has 1 aliphatic heterocycles. The van der Waals surface area contributed by atoms with Crippen LogP contribution in [0.25, 0.3) is 0 Å². The molecule has 0 unspecified atom stereocenters. The van der Waals surface area contributed by atoms with E-state index in [-0.39, 0.29) is 17.5 Å². The fourth-order valence-corrected chi connectivity index (χ4v) is 3.06. The van der Waals surface area contributed by atoms with Crippen LogP contribution in [0.3, 0.4) is 0 Å². The number of hydrogen-bond acceptors (Lipinski definition) is 4. The van der Waals surface area contributed by atoms with Crippen LogP contribution in [-0.2, 0) is 0 Å². The standard InChI is InChI=1S/C21H26N4O2/c1-16(2)15-23-20(26)19-14-17(8-9-22-19)21(27)25-12-10-24(11-13-25)18-6-4-3-5-7-18/h3-9,14,16H,10-13,15H2,1-2H3,(H,23,26). The molecule has 0 bridgehead atoms. The van der Waals surface area contributed by atoms with E-state index < -0.39 is 0 Å². The molecule has 0 atom stereocenters. The van der Waals surface area contributed by atoms with Crippen molar-refractivity contribution >= 4 is 17.5 Å². The lowest BCUT2D eigenvalue weighted by Gasteiger charge is -2.36. The van der Waals surface area contributed by atoms with Gasteiger partial charge < -0.3 is 15.1 Å². The van der Waals surface area contributed by atoms with Gasteiger partial charge in [-0.2, -0.15) is 0 Å². The molecule has 1 aromatic carbocycles. The van der Waals surface area contributed by atoms with Crippen LogP contribution in [0.1, 0.15) is 34.7 Å². The van der Waals surface area contributed by atoms with E-state index in [1.165, 1.54) is 11.9 Å². The number of nitrogens with one attached hydrogen (secondary N) is 1. The molecule has 1 N–H and O–H groups in total. The molecular weight excluding hydrogens is 340 g/mol. The quantitative estimate of drug-likeness (QED) is 0.883. The fourth-order valence-electron chi connectivity index (χ4n) is 3.06. The number of nitrogens with zero attached hydrogens (tertiary/aromatic N) is 3. The molecule has 6 nitrogen and oxygen atoms in total. The lowest BCUT2D eigenvalue weighted by atomic mass is 10.1. The summed E-state index contributed by atoms with van der Waals surface area (Å²) < 4.78 is 0. The summed E-state index contributed by atoms with van der Waals surface area (Å²) in [4.78, 5) is 33.2. The molecule has 1 aliphatic rings. The smallest absolute Gasteiger partial charge is 0.269 e. The van der Waals surface area contributed by atoms with Gasteiger partial charge in [-0.3, -0.25) is 14.6 Å². The number of carbonyl (C=O) groups excluding carboxylic acids is 2. The van der Waals surface area contributed by atoms with Crippen LogP contribution in [0, 0.1) is 5.92 Å². The number of para-hydroxylation sites is 1. The summed E-state index contributed by atoms with van der Waals surface area (Å²) in [5, 5.41) is 2.84. The second-order valence-electron chi connectivity index (χ2n) is 7.15. The monoisotopic (exact) mass is 366 g/mol. The van der Waals surface area contributed by atoms with Gasteiger partial charge in [-0.15, -0.1) is 0 Å². The third-order valence-corrected chi connectivity index (χ3v) is 4.60. The van der Waals surface area contributed by atoms with Gasteiger partial charge in [0.15, 0.2) is 0 Å². The van der Waals surface area contributed by atoms with E-state index >= 15 is 0 Å². The Balaban J connectivity index is 1.61. The molecule has 1 fully saturated rings.